The number of alkyl halides is 3. The molecule has 12 heteroatoms. The van der Waals surface area contributed by atoms with E-state index >= 15 is 0 Å². The van der Waals surface area contributed by atoms with Gasteiger partial charge in [-0.15, -0.1) is 0 Å². The van der Waals surface area contributed by atoms with Crippen molar-refractivity contribution in [1.82, 2.24) is 30.0 Å². The first-order valence-electron chi connectivity index (χ1n) is 12.4. The normalized spacial score (nSPS) is 15.0. The molecule has 2 aliphatic carbocycles. The van der Waals surface area contributed by atoms with Crippen LogP contribution >= 0.6 is 0 Å². The molecule has 4 aromatic rings. The van der Waals surface area contributed by atoms with Crippen molar-refractivity contribution in [1.29, 1.82) is 0 Å². The van der Waals surface area contributed by atoms with Crippen molar-refractivity contribution >= 4 is 11.6 Å². The Bertz CT molecular complexity index is 1610. The average Bonchev–Trinajstić information content (AvgIpc) is 3.40. The number of hydrogen-bond donors (Lipinski definition) is 2. The first-order chi connectivity index (χ1) is 18.7. The highest BCUT2D eigenvalue weighted by Crippen LogP contribution is 2.48. The number of aromatic nitrogens is 5. The summed E-state index contributed by atoms with van der Waals surface area (Å²) >= 11 is 0. The number of pyridine rings is 1. The van der Waals surface area contributed by atoms with Crippen LogP contribution in [-0.2, 0) is 22.8 Å². The van der Waals surface area contributed by atoms with E-state index in [1.807, 2.05) is 6.92 Å². The minimum absolute atomic E-state index is 0.165. The van der Waals surface area contributed by atoms with Crippen LogP contribution in [0, 0.1) is 5.82 Å². The van der Waals surface area contributed by atoms with Crippen LogP contribution in [0.25, 0.3) is 27.9 Å². The van der Waals surface area contributed by atoms with E-state index < -0.39 is 23.1 Å². The van der Waals surface area contributed by atoms with Crippen LogP contribution in [0.2, 0.25) is 0 Å². The van der Waals surface area contributed by atoms with Gasteiger partial charge in [0.2, 0.25) is 5.91 Å². The fourth-order valence-corrected chi connectivity index (χ4v) is 5.20. The van der Waals surface area contributed by atoms with Crippen LogP contribution in [0.1, 0.15) is 42.5 Å². The molecule has 0 unspecified atom stereocenters. The van der Waals surface area contributed by atoms with Gasteiger partial charge in [-0.2, -0.15) is 18.3 Å². The highest BCUT2D eigenvalue weighted by Gasteiger charge is 2.53. The molecule has 2 aliphatic rings. The van der Waals surface area contributed by atoms with Crippen molar-refractivity contribution in [3.05, 3.63) is 71.6 Å². The summed E-state index contributed by atoms with van der Waals surface area (Å²) in [6, 6.07) is 3.66. The molecular weight excluding hydrogens is 514 g/mol. The summed E-state index contributed by atoms with van der Waals surface area (Å²) in [5.41, 5.74) is 2.39. The Morgan fingerprint density at radius 3 is 2.46 bits per heavy atom. The Balaban J connectivity index is 1.55. The number of anilines is 1. The number of amides is 1. The molecule has 200 valence electrons. The fourth-order valence-electron chi connectivity index (χ4n) is 5.20. The molecular formula is C27H23F4N7O. The maximum atomic E-state index is 14.7. The SMILES string of the molecule is CCNc1cc(F)cc2c1Cc1ncc(-c3cnc(C4(C(=O)NC)CC4)nc3)c(-n3ccc(C(F)(F)F)n3)c1-2. The van der Waals surface area contributed by atoms with Crippen LogP contribution in [0.4, 0.5) is 23.2 Å². The monoisotopic (exact) mass is 537 g/mol. The number of nitrogens with one attached hydrogen (secondary N) is 2. The molecule has 1 fully saturated rings. The Kier molecular flexibility index (Phi) is 5.67. The van der Waals surface area contributed by atoms with Crippen LogP contribution in [0.3, 0.4) is 0 Å². The minimum atomic E-state index is -4.65. The van der Waals surface area contributed by atoms with Gasteiger partial charge >= 0.3 is 6.18 Å². The molecule has 0 aliphatic heterocycles. The van der Waals surface area contributed by atoms with Gasteiger partial charge < -0.3 is 10.6 Å². The maximum absolute atomic E-state index is 14.7. The number of carbonyl (C=O) groups is 1. The summed E-state index contributed by atoms with van der Waals surface area (Å²) < 4.78 is 56.4. The summed E-state index contributed by atoms with van der Waals surface area (Å²) in [5, 5.41) is 9.64. The zero-order chi connectivity index (χ0) is 27.5. The van der Waals surface area contributed by atoms with Crippen molar-refractivity contribution in [3.8, 4) is 27.9 Å². The lowest BCUT2D eigenvalue weighted by Gasteiger charge is -2.17. The second kappa shape index (κ2) is 8.85. The number of benzene rings is 1. The Morgan fingerprint density at radius 2 is 1.85 bits per heavy atom. The topological polar surface area (TPSA) is 97.6 Å². The van der Waals surface area contributed by atoms with E-state index in [1.165, 1.54) is 30.7 Å². The number of halogens is 4. The second-order valence-electron chi connectivity index (χ2n) is 9.63. The molecule has 2 N–H and O–H groups in total. The molecule has 0 radical (unpaired) electrons. The Hall–Kier alpha value is -4.35. The molecule has 1 aromatic carbocycles. The molecule has 0 bridgehead atoms. The lowest BCUT2D eigenvalue weighted by molar-refractivity contribution is -0.141. The molecule has 6 rings (SSSR count). The molecule has 0 atom stereocenters. The molecule has 1 amide bonds. The minimum Gasteiger partial charge on any atom is -0.385 e. The van der Waals surface area contributed by atoms with E-state index in [4.69, 9.17) is 0 Å². The van der Waals surface area contributed by atoms with Gasteiger partial charge in [-0.05, 0) is 49.1 Å². The molecule has 1 saturated carbocycles. The average molecular weight is 538 g/mol. The zero-order valence-corrected chi connectivity index (χ0v) is 21.0. The molecule has 8 nitrogen and oxygen atoms in total. The van der Waals surface area contributed by atoms with Gasteiger partial charge in [0, 0.05) is 67.2 Å². The second-order valence-corrected chi connectivity index (χ2v) is 9.63. The summed E-state index contributed by atoms with van der Waals surface area (Å²) in [7, 11) is 1.56. The number of carbonyl (C=O) groups excluding carboxylic acids is 1. The van der Waals surface area contributed by atoms with Crippen molar-refractivity contribution in [2.24, 2.45) is 0 Å². The van der Waals surface area contributed by atoms with Crippen molar-refractivity contribution in [3.63, 3.8) is 0 Å². The molecule has 39 heavy (non-hydrogen) atoms. The Labute approximate surface area is 220 Å². The third-order valence-corrected chi connectivity index (χ3v) is 7.24. The first-order valence-corrected chi connectivity index (χ1v) is 12.4. The van der Waals surface area contributed by atoms with Crippen LogP contribution < -0.4 is 10.6 Å². The molecule has 3 heterocycles. The molecule has 3 aromatic heterocycles. The zero-order valence-electron chi connectivity index (χ0n) is 21.0. The summed E-state index contributed by atoms with van der Waals surface area (Å²) in [5.74, 6) is -0.272. The van der Waals surface area contributed by atoms with Crippen LogP contribution in [0.5, 0.6) is 0 Å². The van der Waals surface area contributed by atoms with E-state index in [1.54, 1.807) is 13.2 Å². The van der Waals surface area contributed by atoms with Gasteiger partial charge in [-0.3, -0.25) is 9.78 Å². The van der Waals surface area contributed by atoms with E-state index in [2.05, 4.69) is 30.7 Å². The van der Waals surface area contributed by atoms with E-state index in [9.17, 15) is 22.4 Å². The predicted molar refractivity (Wildman–Crippen MR) is 135 cm³/mol. The highest BCUT2D eigenvalue weighted by molar-refractivity contribution is 5.92. The van der Waals surface area contributed by atoms with Gasteiger partial charge in [0.15, 0.2) is 5.69 Å². The number of likely N-dealkylation sites (N-methyl/N-ethyl adjacent to an activating group) is 1. The Morgan fingerprint density at radius 1 is 1.10 bits per heavy atom. The van der Waals surface area contributed by atoms with E-state index in [0.29, 0.717) is 71.0 Å². The lowest BCUT2D eigenvalue weighted by atomic mass is 9.99. The van der Waals surface area contributed by atoms with Crippen molar-refractivity contribution < 1.29 is 22.4 Å². The first kappa shape index (κ1) is 25.0. The van der Waals surface area contributed by atoms with Crippen LogP contribution in [0.15, 0.2) is 43.0 Å². The summed E-state index contributed by atoms with van der Waals surface area (Å²) in [6.07, 6.45) is 2.80. The van der Waals surface area contributed by atoms with Crippen molar-refractivity contribution in [2.45, 2.75) is 37.8 Å². The van der Waals surface area contributed by atoms with Gasteiger partial charge in [-0.1, -0.05) is 0 Å². The fraction of sp³-hybridized carbons (Fsp3) is 0.296. The van der Waals surface area contributed by atoms with E-state index in [-0.39, 0.29) is 5.91 Å². The lowest BCUT2D eigenvalue weighted by Crippen LogP contribution is -2.33. The largest absolute Gasteiger partial charge is 0.435 e. The maximum Gasteiger partial charge on any atom is 0.435 e. The summed E-state index contributed by atoms with van der Waals surface area (Å²) in [6.45, 7) is 2.45. The van der Waals surface area contributed by atoms with Crippen LogP contribution in [-0.4, -0.2) is 44.2 Å². The van der Waals surface area contributed by atoms with Gasteiger partial charge in [0.1, 0.15) is 17.1 Å². The highest BCUT2D eigenvalue weighted by atomic mass is 19.4. The van der Waals surface area contributed by atoms with Crippen molar-refractivity contribution in [2.75, 3.05) is 18.9 Å². The third kappa shape index (κ3) is 4.01. The standard InChI is InChI=1S/C27H23F4N7O/c1-3-33-19-9-15(28)8-17-16(19)10-20-22(17)23(38-7-4-21(37-38)27(29,30)31)18(13-34-20)14-11-35-24(36-12-14)26(5-6-26)25(39)32-2/h4,7-9,11-13,33H,3,5-6,10H2,1-2H3,(H,32,39). The van der Waals surface area contributed by atoms with Gasteiger partial charge in [0.25, 0.3) is 0 Å². The number of nitrogens with zero attached hydrogens (tertiary/aromatic N) is 5. The van der Waals surface area contributed by atoms with Gasteiger partial charge in [-0.25, -0.2) is 19.0 Å². The molecule has 0 spiro atoms. The third-order valence-electron chi connectivity index (χ3n) is 7.24. The predicted octanol–water partition coefficient (Wildman–Crippen LogP) is 4.66. The summed E-state index contributed by atoms with van der Waals surface area (Å²) in [4.78, 5) is 25.9. The number of rotatable bonds is 6. The smallest absolute Gasteiger partial charge is 0.385 e. The quantitative estimate of drug-likeness (QED) is 0.306. The molecule has 0 saturated heterocycles. The van der Waals surface area contributed by atoms with E-state index in [0.717, 1.165) is 16.3 Å². The number of hydrogen-bond acceptors (Lipinski definition) is 6. The number of fused-ring (bicyclic) bond motifs is 3. The van der Waals surface area contributed by atoms with Gasteiger partial charge in [0.05, 0.1) is 11.4 Å².